The number of aryl methyl sites for hydroxylation is 2. The molecule has 1 amide bonds. The van der Waals surface area contributed by atoms with E-state index in [1.54, 1.807) is 6.07 Å². The second kappa shape index (κ2) is 10.4. The molecule has 4 nitrogen and oxygen atoms in total. The first kappa shape index (κ1) is 24.6. The number of carbonyl (C=O) groups is 2. The molecule has 1 saturated carbocycles. The quantitative estimate of drug-likeness (QED) is 0.538. The summed E-state index contributed by atoms with van der Waals surface area (Å²) in [4.78, 5) is 30.4. The van der Waals surface area contributed by atoms with Crippen LogP contribution in [0.3, 0.4) is 0 Å². The molecule has 182 valence electrons. The van der Waals surface area contributed by atoms with Gasteiger partial charge in [-0.1, -0.05) is 31.0 Å². The minimum absolute atomic E-state index is 0.0305. The topological polar surface area (TPSA) is 40.6 Å². The predicted octanol–water partition coefficient (Wildman–Crippen LogP) is 5.40. The molecule has 2 aromatic carbocycles. The lowest BCUT2D eigenvalue weighted by molar-refractivity contribution is -0.140. The van der Waals surface area contributed by atoms with E-state index in [1.807, 2.05) is 39.0 Å². The Balaban J connectivity index is 1.45. The van der Waals surface area contributed by atoms with Gasteiger partial charge in [0.05, 0.1) is 0 Å². The molecule has 2 aromatic rings. The van der Waals surface area contributed by atoms with Crippen LogP contribution in [0.2, 0.25) is 0 Å². The highest BCUT2D eigenvalue weighted by Gasteiger charge is 2.33. The summed E-state index contributed by atoms with van der Waals surface area (Å²) in [6, 6.07) is 9.11. The Morgan fingerprint density at radius 1 is 1.00 bits per heavy atom. The van der Waals surface area contributed by atoms with Crippen molar-refractivity contribution in [3.63, 3.8) is 0 Å². The number of nitrogens with zero attached hydrogens (tertiary/aromatic N) is 2. The lowest BCUT2D eigenvalue weighted by atomic mass is 9.92. The van der Waals surface area contributed by atoms with Gasteiger partial charge in [0.1, 0.15) is 5.82 Å². The normalized spacial score (nSPS) is 19.6. The number of hydrogen-bond acceptors (Lipinski definition) is 3. The van der Waals surface area contributed by atoms with Gasteiger partial charge in [-0.05, 0) is 80.5 Å². The van der Waals surface area contributed by atoms with Crippen LogP contribution in [0, 0.1) is 32.5 Å². The van der Waals surface area contributed by atoms with E-state index in [4.69, 9.17) is 0 Å². The lowest BCUT2D eigenvalue weighted by Gasteiger charge is -2.41. The molecule has 1 aliphatic carbocycles. The highest BCUT2D eigenvalue weighted by atomic mass is 19.1. The Morgan fingerprint density at radius 3 is 2.29 bits per heavy atom. The third-order valence-electron chi connectivity index (χ3n) is 7.79. The third kappa shape index (κ3) is 5.25. The Kier molecular flexibility index (Phi) is 7.51. The van der Waals surface area contributed by atoms with Crippen LogP contribution in [0.25, 0.3) is 0 Å². The van der Waals surface area contributed by atoms with Gasteiger partial charge >= 0.3 is 0 Å². The third-order valence-corrected chi connectivity index (χ3v) is 7.79. The smallest absolute Gasteiger partial charge is 0.226 e. The van der Waals surface area contributed by atoms with Crippen molar-refractivity contribution in [3.05, 3.63) is 69.5 Å². The van der Waals surface area contributed by atoms with Crippen LogP contribution < -0.4 is 0 Å². The van der Waals surface area contributed by atoms with E-state index in [2.05, 4.69) is 16.7 Å². The second-order valence-electron chi connectivity index (χ2n) is 10.3. The summed E-state index contributed by atoms with van der Waals surface area (Å²) in [5.74, 6) is 0.256. The van der Waals surface area contributed by atoms with Gasteiger partial charge in [-0.3, -0.25) is 14.5 Å². The maximum atomic E-state index is 14.6. The molecule has 1 atom stereocenters. The predicted molar refractivity (Wildman–Crippen MR) is 133 cm³/mol. The van der Waals surface area contributed by atoms with Crippen molar-refractivity contribution < 1.29 is 14.0 Å². The van der Waals surface area contributed by atoms with Gasteiger partial charge < -0.3 is 4.90 Å². The van der Waals surface area contributed by atoms with E-state index in [1.165, 1.54) is 6.07 Å². The van der Waals surface area contributed by atoms with Crippen molar-refractivity contribution in [3.8, 4) is 0 Å². The van der Waals surface area contributed by atoms with Crippen LogP contribution in [0.4, 0.5) is 4.39 Å². The second-order valence-corrected chi connectivity index (χ2v) is 10.3. The monoisotopic (exact) mass is 464 g/mol. The van der Waals surface area contributed by atoms with Gasteiger partial charge in [-0.15, -0.1) is 0 Å². The average molecular weight is 465 g/mol. The number of rotatable bonds is 6. The van der Waals surface area contributed by atoms with Crippen molar-refractivity contribution in [2.75, 3.05) is 19.6 Å². The van der Waals surface area contributed by atoms with E-state index in [0.717, 1.165) is 78.7 Å². The fraction of sp³-hybridized carbons (Fsp3) is 0.517. The maximum absolute atomic E-state index is 14.6. The van der Waals surface area contributed by atoms with Crippen molar-refractivity contribution in [2.24, 2.45) is 5.92 Å². The number of ketones is 1. The van der Waals surface area contributed by atoms with Gasteiger partial charge in [0, 0.05) is 50.1 Å². The molecule has 4 rings (SSSR count). The standard InChI is InChI=1S/C29H37FN2O2/c1-19-8-7-9-20(2)28(19)27(33)16-24-14-26(30)15-25(22(24)4)18-31-12-13-32(21(3)17-31)29(34)23-10-5-6-11-23/h7-9,14-15,21,23H,5-6,10-13,16-18H2,1-4H3/t21-/m0/s1. The summed E-state index contributed by atoms with van der Waals surface area (Å²) in [6.07, 6.45) is 4.58. The fourth-order valence-electron chi connectivity index (χ4n) is 5.81. The molecule has 1 aliphatic heterocycles. The Labute approximate surface area is 203 Å². The number of amides is 1. The van der Waals surface area contributed by atoms with E-state index in [0.29, 0.717) is 12.5 Å². The van der Waals surface area contributed by atoms with Crippen LogP contribution >= 0.6 is 0 Å². The highest BCUT2D eigenvalue weighted by Crippen LogP contribution is 2.29. The molecule has 2 fully saturated rings. The van der Waals surface area contributed by atoms with E-state index < -0.39 is 0 Å². The Morgan fingerprint density at radius 2 is 1.65 bits per heavy atom. The zero-order valence-corrected chi connectivity index (χ0v) is 21.0. The maximum Gasteiger partial charge on any atom is 0.226 e. The molecule has 2 aliphatic rings. The van der Waals surface area contributed by atoms with Gasteiger partial charge in [0.2, 0.25) is 5.91 Å². The number of halogens is 1. The first-order valence-corrected chi connectivity index (χ1v) is 12.6. The molecule has 0 N–H and O–H groups in total. The minimum atomic E-state index is -0.298. The van der Waals surface area contributed by atoms with Crippen molar-refractivity contribution in [2.45, 2.75) is 72.4 Å². The fourth-order valence-corrected chi connectivity index (χ4v) is 5.81. The zero-order chi connectivity index (χ0) is 24.4. The molecule has 0 unspecified atom stereocenters. The number of piperazine rings is 1. The summed E-state index contributed by atoms with van der Waals surface area (Å²) in [5, 5.41) is 0. The molecule has 34 heavy (non-hydrogen) atoms. The Hall–Kier alpha value is -2.53. The molecule has 5 heteroatoms. The molecule has 1 saturated heterocycles. The van der Waals surface area contributed by atoms with Gasteiger partial charge in [-0.2, -0.15) is 0 Å². The first-order chi connectivity index (χ1) is 16.2. The van der Waals surface area contributed by atoms with Crippen molar-refractivity contribution >= 4 is 11.7 Å². The summed E-state index contributed by atoms with van der Waals surface area (Å²) in [7, 11) is 0. The summed E-state index contributed by atoms with van der Waals surface area (Å²) in [6.45, 7) is 10.9. The highest BCUT2D eigenvalue weighted by molar-refractivity contribution is 6.00. The van der Waals surface area contributed by atoms with E-state index in [9.17, 15) is 14.0 Å². The van der Waals surface area contributed by atoms with Crippen LogP contribution in [0.1, 0.15) is 70.8 Å². The van der Waals surface area contributed by atoms with Crippen LogP contribution in [-0.4, -0.2) is 47.2 Å². The molecular formula is C29H37FN2O2. The lowest BCUT2D eigenvalue weighted by Crippen LogP contribution is -2.54. The molecule has 1 heterocycles. The molecule has 0 radical (unpaired) electrons. The molecule has 0 spiro atoms. The minimum Gasteiger partial charge on any atom is -0.337 e. The number of carbonyl (C=O) groups excluding carboxylic acids is 2. The largest absolute Gasteiger partial charge is 0.337 e. The van der Waals surface area contributed by atoms with E-state index >= 15 is 0 Å². The number of Topliss-reactive ketones (excluding diaryl/α,β-unsaturated/α-hetero) is 1. The summed E-state index contributed by atoms with van der Waals surface area (Å²) >= 11 is 0. The Bertz CT molecular complexity index is 1050. The molecule has 0 bridgehead atoms. The molecule has 0 aromatic heterocycles. The van der Waals surface area contributed by atoms with Crippen molar-refractivity contribution in [1.29, 1.82) is 0 Å². The van der Waals surface area contributed by atoms with Crippen LogP contribution in [0.5, 0.6) is 0 Å². The van der Waals surface area contributed by atoms with Gasteiger partial charge in [0.15, 0.2) is 5.78 Å². The number of benzene rings is 2. The first-order valence-electron chi connectivity index (χ1n) is 12.6. The summed E-state index contributed by atoms with van der Waals surface area (Å²) in [5.41, 5.74) is 5.32. The SMILES string of the molecule is Cc1cccc(C)c1C(=O)Cc1cc(F)cc(CN2CCN(C(=O)C3CCCC3)[C@@H](C)C2)c1C. The number of hydrogen-bond donors (Lipinski definition) is 0. The molecular weight excluding hydrogens is 427 g/mol. The van der Waals surface area contributed by atoms with Crippen LogP contribution in [-0.2, 0) is 17.8 Å². The van der Waals surface area contributed by atoms with Gasteiger partial charge in [-0.25, -0.2) is 4.39 Å². The summed E-state index contributed by atoms with van der Waals surface area (Å²) < 4.78 is 14.6. The zero-order valence-electron chi connectivity index (χ0n) is 21.0. The van der Waals surface area contributed by atoms with Crippen LogP contribution in [0.15, 0.2) is 30.3 Å². The van der Waals surface area contributed by atoms with E-state index in [-0.39, 0.29) is 30.0 Å². The average Bonchev–Trinajstić information content (AvgIpc) is 3.31. The van der Waals surface area contributed by atoms with Crippen molar-refractivity contribution in [1.82, 2.24) is 9.80 Å². The van der Waals surface area contributed by atoms with Gasteiger partial charge in [0.25, 0.3) is 0 Å².